The fraction of sp³-hybridized carbons (Fsp3) is 0.515. The summed E-state index contributed by atoms with van der Waals surface area (Å²) >= 11 is 0. The third-order valence-corrected chi connectivity index (χ3v) is 8.88. The first-order valence-corrected chi connectivity index (χ1v) is 16.8. The number of unbranched alkanes of at least 4 members (excludes halogenated alkanes) is 1. The highest BCUT2D eigenvalue weighted by molar-refractivity contribution is 7.90. The number of carbonyl (C=O) groups is 2. The molecule has 0 aliphatic carbocycles. The molecule has 2 aromatic rings. The number of phenolic OH excluding ortho intramolecular Hbond substituents is 1. The van der Waals surface area contributed by atoms with Crippen LogP contribution in [-0.2, 0) is 16.4 Å². The topological polar surface area (TPSA) is 139 Å². The molecule has 242 valence electrons. The predicted octanol–water partition coefficient (Wildman–Crippen LogP) is 3.68. The van der Waals surface area contributed by atoms with Gasteiger partial charge in [-0.25, -0.2) is 13.4 Å². The lowest BCUT2D eigenvalue weighted by Crippen LogP contribution is -2.54. The summed E-state index contributed by atoms with van der Waals surface area (Å²) in [5.41, 5.74) is 1.58. The number of carbonyl (C=O) groups excluding carboxylic acids is 2. The zero-order chi connectivity index (χ0) is 32.9. The molecule has 0 bridgehead atoms. The van der Waals surface area contributed by atoms with Gasteiger partial charge in [-0.1, -0.05) is 45.2 Å². The molecule has 4 N–H and O–H groups in total. The summed E-state index contributed by atoms with van der Waals surface area (Å²) in [5, 5.41) is 24.8. The van der Waals surface area contributed by atoms with Gasteiger partial charge in [-0.2, -0.15) is 0 Å². The average molecular weight is 629 g/mol. The van der Waals surface area contributed by atoms with Crippen LogP contribution in [0.1, 0.15) is 92.1 Å². The van der Waals surface area contributed by atoms with Crippen LogP contribution in [0.4, 0.5) is 0 Å². The quantitative estimate of drug-likeness (QED) is 0.146. The molecule has 0 saturated carbocycles. The number of terminal acetylenes is 1. The molecule has 0 aromatic heterocycles. The fourth-order valence-electron chi connectivity index (χ4n) is 4.59. The Labute approximate surface area is 262 Å². The Balaban J connectivity index is 2.42. The number of benzene rings is 2. The molecule has 0 aliphatic heterocycles. The highest BCUT2D eigenvalue weighted by Gasteiger charge is 2.28. The van der Waals surface area contributed by atoms with Gasteiger partial charge in [-0.3, -0.25) is 9.59 Å². The maximum atomic E-state index is 13.7. The Morgan fingerprint density at radius 3 is 2.11 bits per heavy atom. The van der Waals surface area contributed by atoms with Gasteiger partial charge in [-0.15, -0.1) is 11.3 Å². The smallest absolute Gasteiger partial charge is 0.253 e. The van der Waals surface area contributed by atoms with Crippen LogP contribution in [0.2, 0.25) is 0 Å². The number of sulfonamides is 1. The SMILES string of the molecule is C#Cc1cc(C(=O)NC(Cc2ccc(O)cc2)C(O)CN(CCCC)NS(=O)(=O)C(C)C)cc(C(=O)N(CCC)CCC)c1. The largest absolute Gasteiger partial charge is 0.508 e. The second-order valence-corrected chi connectivity index (χ2v) is 13.5. The molecule has 0 heterocycles. The number of phenols is 1. The van der Waals surface area contributed by atoms with Crippen LogP contribution in [0, 0.1) is 12.3 Å². The highest BCUT2D eigenvalue weighted by Crippen LogP contribution is 2.17. The van der Waals surface area contributed by atoms with Crippen molar-refractivity contribution in [1.29, 1.82) is 0 Å². The lowest BCUT2D eigenvalue weighted by molar-refractivity contribution is 0.0613. The minimum Gasteiger partial charge on any atom is -0.508 e. The minimum atomic E-state index is -3.67. The number of aromatic hydroxyl groups is 1. The zero-order valence-corrected chi connectivity index (χ0v) is 27.4. The normalized spacial score (nSPS) is 13.0. The maximum absolute atomic E-state index is 13.7. The Bertz CT molecular complexity index is 1370. The van der Waals surface area contributed by atoms with E-state index in [-0.39, 0.29) is 30.2 Å². The van der Waals surface area contributed by atoms with Crippen molar-refractivity contribution in [3.05, 3.63) is 64.7 Å². The predicted molar refractivity (Wildman–Crippen MR) is 174 cm³/mol. The molecule has 10 nitrogen and oxygen atoms in total. The standard InChI is InChI=1S/C33H48N4O6S/c1-7-11-18-37(35-44(42,43)24(5)6)23-31(39)30(21-26-12-14-29(38)15-13-26)34-32(40)27-19-25(10-4)20-28(22-27)33(41)36(16-8-2)17-9-3/h4,12-15,19-20,22,24,30-31,35,38-39H,7-9,11,16-18,21,23H2,1-3,5-6H3,(H,34,40). The molecular weight excluding hydrogens is 580 g/mol. The Hall–Kier alpha value is -3.43. The summed E-state index contributed by atoms with van der Waals surface area (Å²) in [6.07, 6.45) is 7.74. The van der Waals surface area contributed by atoms with Gasteiger partial charge in [-0.05, 0) is 75.4 Å². The summed E-state index contributed by atoms with van der Waals surface area (Å²) in [5.74, 6) is 1.84. The number of aliphatic hydroxyl groups excluding tert-OH is 1. The first-order valence-electron chi connectivity index (χ1n) is 15.3. The number of hydrogen-bond acceptors (Lipinski definition) is 7. The first kappa shape index (κ1) is 36.8. The summed E-state index contributed by atoms with van der Waals surface area (Å²) in [6.45, 7) is 10.5. The van der Waals surface area contributed by atoms with Crippen LogP contribution in [0.15, 0.2) is 42.5 Å². The molecule has 2 unspecified atom stereocenters. The Kier molecular flexibility index (Phi) is 14.8. The van der Waals surface area contributed by atoms with Crippen molar-refractivity contribution < 1.29 is 28.2 Å². The fourth-order valence-corrected chi connectivity index (χ4v) is 5.32. The van der Waals surface area contributed by atoms with E-state index in [1.165, 1.54) is 29.3 Å². The molecule has 2 rings (SSSR count). The molecule has 44 heavy (non-hydrogen) atoms. The molecule has 0 aliphatic rings. The van der Waals surface area contributed by atoms with E-state index in [0.29, 0.717) is 37.2 Å². The zero-order valence-electron chi connectivity index (χ0n) is 26.5. The van der Waals surface area contributed by atoms with E-state index < -0.39 is 33.3 Å². The van der Waals surface area contributed by atoms with E-state index in [1.54, 1.807) is 36.9 Å². The van der Waals surface area contributed by atoms with Crippen LogP contribution in [0.5, 0.6) is 5.75 Å². The monoisotopic (exact) mass is 628 g/mol. The maximum Gasteiger partial charge on any atom is 0.253 e. The van der Waals surface area contributed by atoms with Crippen LogP contribution in [-0.4, -0.2) is 83.9 Å². The molecule has 0 spiro atoms. The van der Waals surface area contributed by atoms with Crippen LogP contribution in [0.3, 0.4) is 0 Å². The molecule has 2 aromatic carbocycles. The third kappa shape index (κ3) is 11.2. The van der Waals surface area contributed by atoms with E-state index in [9.17, 15) is 28.2 Å². The summed E-state index contributed by atoms with van der Waals surface area (Å²) in [4.78, 5) is 31.3. The number of hydrazine groups is 1. The molecule has 0 radical (unpaired) electrons. The van der Waals surface area contributed by atoms with E-state index in [0.717, 1.165) is 24.8 Å². The van der Waals surface area contributed by atoms with Crippen molar-refractivity contribution in [2.75, 3.05) is 26.2 Å². The molecule has 11 heteroatoms. The van der Waals surface area contributed by atoms with E-state index in [4.69, 9.17) is 6.42 Å². The second-order valence-electron chi connectivity index (χ2n) is 11.2. The van der Waals surface area contributed by atoms with Gasteiger partial charge in [0.1, 0.15) is 5.75 Å². The molecule has 0 fully saturated rings. The van der Waals surface area contributed by atoms with E-state index >= 15 is 0 Å². The van der Waals surface area contributed by atoms with Crippen LogP contribution >= 0.6 is 0 Å². The van der Waals surface area contributed by atoms with Gasteiger partial charge in [0.05, 0.1) is 17.4 Å². The Morgan fingerprint density at radius 2 is 1.57 bits per heavy atom. The third-order valence-electron chi connectivity index (χ3n) is 7.12. The van der Waals surface area contributed by atoms with Gasteiger partial charge in [0.15, 0.2) is 0 Å². The second kappa shape index (κ2) is 17.8. The number of aliphatic hydroxyl groups is 1. The van der Waals surface area contributed by atoms with E-state index in [2.05, 4.69) is 16.1 Å². The lowest BCUT2D eigenvalue weighted by atomic mass is 9.99. The van der Waals surface area contributed by atoms with Crippen molar-refractivity contribution in [3.8, 4) is 18.1 Å². The van der Waals surface area contributed by atoms with Gasteiger partial charge in [0, 0.05) is 42.9 Å². The van der Waals surface area contributed by atoms with Gasteiger partial charge in [0.2, 0.25) is 10.0 Å². The summed E-state index contributed by atoms with van der Waals surface area (Å²) in [7, 11) is -3.67. The number of amides is 2. The van der Waals surface area contributed by atoms with Crippen molar-refractivity contribution in [2.45, 2.75) is 84.1 Å². The Morgan fingerprint density at radius 1 is 0.955 bits per heavy atom. The van der Waals surface area contributed by atoms with E-state index in [1.807, 2.05) is 20.8 Å². The average Bonchev–Trinajstić information content (AvgIpc) is 2.99. The lowest BCUT2D eigenvalue weighted by Gasteiger charge is -2.31. The summed E-state index contributed by atoms with van der Waals surface area (Å²) in [6, 6.07) is 10.1. The number of nitrogens with zero attached hydrogens (tertiary/aromatic N) is 2. The first-order chi connectivity index (χ1) is 20.8. The van der Waals surface area contributed by atoms with Gasteiger partial charge in [0.25, 0.3) is 11.8 Å². The van der Waals surface area contributed by atoms with Gasteiger partial charge < -0.3 is 20.4 Å². The molecular formula is C33H48N4O6S. The molecule has 2 atom stereocenters. The van der Waals surface area contributed by atoms with Crippen LogP contribution in [0.25, 0.3) is 0 Å². The molecule has 0 saturated heterocycles. The minimum absolute atomic E-state index is 0.0761. The van der Waals surface area contributed by atoms with Crippen molar-refractivity contribution in [3.63, 3.8) is 0 Å². The van der Waals surface area contributed by atoms with Crippen molar-refractivity contribution in [1.82, 2.24) is 20.1 Å². The van der Waals surface area contributed by atoms with Crippen LogP contribution < -0.4 is 10.1 Å². The molecule has 2 amide bonds. The van der Waals surface area contributed by atoms with Crippen molar-refractivity contribution in [2.24, 2.45) is 0 Å². The number of hydrogen-bond donors (Lipinski definition) is 4. The summed E-state index contributed by atoms with van der Waals surface area (Å²) < 4.78 is 25.3. The number of nitrogens with one attached hydrogen (secondary N) is 2. The number of rotatable bonds is 18. The highest BCUT2D eigenvalue weighted by atomic mass is 32.2. The van der Waals surface area contributed by atoms with Gasteiger partial charge >= 0.3 is 0 Å². The van der Waals surface area contributed by atoms with Crippen molar-refractivity contribution >= 4 is 21.8 Å².